The number of para-hydroxylation sites is 1. The maximum Gasteiger partial charge on any atom is 0.265 e. The summed E-state index contributed by atoms with van der Waals surface area (Å²) in [5.41, 5.74) is 0.687. The molecule has 1 amide bonds. The Labute approximate surface area is 147 Å². The van der Waals surface area contributed by atoms with Gasteiger partial charge >= 0.3 is 0 Å². The molecule has 0 heterocycles. The molecule has 0 saturated carbocycles. The lowest BCUT2D eigenvalue weighted by Gasteiger charge is -2.16. The fourth-order valence-electron chi connectivity index (χ4n) is 1.93. The molecule has 5 heteroatoms. The van der Waals surface area contributed by atoms with Crippen molar-refractivity contribution in [3.05, 3.63) is 53.6 Å². The van der Waals surface area contributed by atoms with Gasteiger partial charge in [0.05, 0.1) is 11.6 Å². The summed E-state index contributed by atoms with van der Waals surface area (Å²) in [6.45, 7) is 6.52. The molecule has 1 atom stereocenters. The van der Waals surface area contributed by atoms with Crippen LogP contribution < -0.4 is 14.8 Å². The van der Waals surface area contributed by atoms with Crippen molar-refractivity contribution in [2.45, 2.75) is 26.9 Å². The number of carbonyl (C=O) groups excluding carboxylic acids is 1. The zero-order valence-electron chi connectivity index (χ0n) is 14.1. The molecule has 2 aromatic rings. The number of nitrogens with one attached hydrogen (secondary N) is 1. The Balaban J connectivity index is 1.90. The summed E-state index contributed by atoms with van der Waals surface area (Å²) < 4.78 is 11.2. The van der Waals surface area contributed by atoms with Crippen LogP contribution in [0.2, 0.25) is 5.02 Å². The van der Waals surface area contributed by atoms with Crippen molar-refractivity contribution >= 4 is 23.2 Å². The smallest absolute Gasteiger partial charge is 0.265 e. The van der Waals surface area contributed by atoms with Crippen LogP contribution in [0.4, 0.5) is 5.69 Å². The van der Waals surface area contributed by atoms with Crippen molar-refractivity contribution in [1.29, 1.82) is 0 Å². The molecular weight excluding hydrogens is 326 g/mol. The van der Waals surface area contributed by atoms with E-state index in [0.29, 0.717) is 29.0 Å². The van der Waals surface area contributed by atoms with E-state index < -0.39 is 6.10 Å². The Morgan fingerprint density at radius 3 is 2.38 bits per heavy atom. The van der Waals surface area contributed by atoms with E-state index in [4.69, 9.17) is 21.1 Å². The average molecular weight is 348 g/mol. The maximum atomic E-state index is 12.2. The third-order valence-corrected chi connectivity index (χ3v) is 3.53. The van der Waals surface area contributed by atoms with Crippen LogP contribution in [-0.2, 0) is 4.79 Å². The highest BCUT2D eigenvalue weighted by Gasteiger charge is 2.16. The Bertz CT molecular complexity index is 671. The van der Waals surface area contributed by atoms with E-state index in [2.05, 4.69) is 19.2 Å². The number of benzene rings is 2. The van der Waals surface area contributed by atoms with Crippen LogP contribution in [0.1, 0.15) is 20.8 Å². The molecule has 0 fully saturated rings. The van der Waals surface area contributed by atoms with Gasteiger partial charge in [0.1, 0.15) is 11.5 Å². The Kier molecular flexibility index (Phi) is 6.50. The zero-order chi connectivity index (χ0) is 17.5. The molecule has 2 rings (SSSR count). The summed E-state index contributed by atoms with van der Waals surface area (Å²) in [6, 6.07) is 14.3. The molecular formula is C19H22ClNO3. The van der Waals surface area contributed by atoms with Gasteiger partial charge in [0, 0.05) is 5.69 Å². The number of carbonyl (C=O) groups is 1. The predicted octanol–water partition coefficient (Wildman–Crippen LogP) is 4.78. The van der Waals surface area contributed by atoms with Crippen molar-refractivity contribution in [3.63, 3.8) is 0 Å². The highest BCUT2D eigenvalue weighted by Crippen LogP contribution is 2.24. The van der Waals surface area contributed by atoms with Crippen LogP contribution in [0, 0.1) is 5.92 Å². The van der Waals surface area contributed by atoms with Crippen LogP contribution >= 0.6 is 11.6 Å². The Hall–Kier alpha value is -2.20. The molecule has 0 aliphatic carbocycles. The second-order valence-corrected chi connectivity index (χ2v) is 6.32. The van der Waals surface area contributed by atoms with Crippen LogP contribution in [0.25, 0.3) is 0 Å². The lowest BCUT2D eigenvalue weighted by Crippen LogP contribution is -2.30. The number of anilines is 1. The predicted molar refractivity (Wildman–Crippen MR) is 96.9 cm³/mol. The SMILES string of the molecule is CC(C)COc1ccc(NC(=O)[C@@H](C)Oc2ccccc2Cl)cc1. The van der Waals surface area contributed by atoms with Crippen LogP contribution in [-0.4, -0.2) is 18.6 Å². The van der Waals surface area contributed by atoms with Gasteiger partial charge in [0.25, 0.3) is 5.91 Å². The van der Waals surface area contributed by atoms with Gasteiger partial charge in [0.15, 0.2) is 6.10 Å². The third-order valence-electron chi connectivity index (χ3n) is 3.21. The topological polar surface area (TPSA) is 47.6 Å². The van der Waals surface area contributed by atoms with E-state index in [0.717, 1.165) is 5.75 Å². The fourth-order valence-corrected chi connectivity index (χ4v) is 2.11. The highest BCUT2D eigenvalue weighted by molar-refractivity contribution is 6.32. The van der Waals surface area contributed by atoms with Gasteiger partial charge in [-0.1, -0.05) is 37.6 Å². The second kappa shape index (κ2) is 8.60. The third kappa shape index (κ3) is 5.46. The number of hydrogen-bond donors (Lipinski definition) is 1. The van der Waals surface area contributed by atoms with Gasteiger partial charge in [-0.3, -0.25) is 4.79 Å². The highest BCUT2D eigenvalue weighted by atomic mass is 35.5. The summed E-state index contributed by atoms with van der Waals surface area (Å²) in [6.07, 6.45) is -0.665. The van der Waals surface area contributed by atoms with Crippen molar-refractivity contribution < 1.29 is 14.3 Å². The van der Waals surface area contributed by atoms with Gasteiger partial charge in [0.2, 0.25) is 0 Å². The average Bonchev–Trinajstić information content (AvgIpc) is 2.56. The second-order valence-electron chi connectivity index (χ2n) is 5.91. The van der Waals surface area contributed by atoms with Crippen LogP contribution in [0.5, 0.6) is 11.5 Å². The summed E-state index contributed by atoms with van der Waals surface area (Å²) in [5, 5.41) is 3.29. The summed E-state index contributed by atoms with van der Waals surface area (Å²) in [5.74, 6) is 1.49. The number of ether oxygens (including phenoxy) is 2. The molecule has 0 aliphatic rings. The zero-order valence-corrected chi connectivity index (χ0v) is 14.8. The summed E-state index contributed by atoms with van der Waals surface area (Å²) in [4.78, 5) is 12.2. The van der Waals surface area contributed by atoms with Crippen molar-refractivity contribution in [2.24, 2.45) is 5.92 Å². The van der Waals surface area contributed by atoms with Crippen molar-refractivity contribution in [2.75, 3.05) is 11.9 Å². The molecule has 1 N–H and O–H groups in total. The molecule has 24 heavy (non-hydrogen) atoms. The normalized spacial score (nSPS) is 11.9. The molecule has 0 bridgehead atoms. The quantitative estimate of drug-likeness (QED) is 0.784. The summed E-state index contributed by atoms with van der Waals surface area (Å²) >= 11 is 6.03. The van der Waals surface area contributed by atoms with Gasteiger partial charge < -0.3 is 14.8 Å². The van der Waals surface area contributed by atoms with Gasteiger partial charge in [-0.15, -0.1) is 0 Å². The monoisotopic (exact) mass is 347 g/mol. The Morgan fingerprint density at radius 1 is 1.08 bits per heavy atom. The number of rotatable bonds is 7. The molecule has 128 valence electrons. The van der Waals surface area contributed by atoms with E-state index >= 15 is 0 Å². The van der Waals surface area contributed by atoms with Gasteiger partial charge in [-0.2, -0.15) is 0 Å². The lowest BCUT2D eigenvalue weighted by molar-refractivity contribution is -0.122. The van der Waals surface area contributed by atoms with E-state index in [1.54, 1.807) is 31.2 Å². The first-order valence-corrected chi connectivity index (χ1v) is 8.28. The van der Waals surface area contributed by atoms with E-state index in [-0.39, 0.29) is 5.91 Å². The number of halogens is 1. The molecule has 0 aromatic heterocycles. The van der Waals surface area contributed by atoms with Crippen molar-refractivity contribution in [3.8, 4) is 11.5 Å². The molecule has 0 spiro atoms. The first kappa shape index (κ1) is 18.1. The molecule has 0 radical (unpaired) electrons. The Morgan fingerprint density at radius 2 is 1.75 bits per heavy atom. The standard InChI is InChI=1S/C19H22ClNO3/c1-13(2)12-23-16-10-8-15(9-11-16)21-19(22)14(3)24-18-7-5-4-6-17(18)20/h4-11,13-14H,12H2,1-3H3,(H,21,22)/t14-/m1/s1. The van der Waals surface area contributed by atoms with Crippen LogP contribution in [0.15, 0.2) is 48.5 Å². The minimum absolute atomic E-state index is 0.245. The lowest BCUT2D eigenvalue weighted by atomic mass is 10.2. The number of hydrogen-bond acceptors (Lipinski definition) is 3. The first-order chi connectivity index (χ1) is 11.5. The molecule has 0 saturated heterocycles. The van der Waals surface area contributed by atoms with E-state index in [1.165, 1.54) is 0 Å². The largest absolute Gasteiger partial charge is 0.493 e. The molecule has 0 unspecified atom stereocenters. The fraction of sp³-hybridized carbons (Fsp3) is 0.316. The van der Waals surface area contributed by atoms with Gasteiger partial charge in [-0.25, -0.2) is 0 Å². The number of amides is 1. The van der Waals surface area contributed by atoms with E-state index in [9.17, 15) is 4.79 Å². The van der Waals surface area contributed by atoms with Crippen LogP contribution in [0.3, 0.4) is 0 Å². The van der Waals surface area contributed by atoms with E-state index in [1.807, 2.05) is 24.3 Å². The molecule has 2 aromatic carbocycles. The molecule has 4 nitrogen and oxygen atoms in total. The summed E-state index contributed by atoms with van der Waals surface area (Å²) in [7, 11) is 0. The maximum absolute atomic E-state index is 12.2. The van der Waals surface area contributed by atoms with Crippen molar-refractivity contribution in [1.82, 2.24) is 0 Å². The first-order valence-electron chi connectivity index (χ1n) is 7.90. The molecule has 0 aliphatic heterocycles. The van der Waals surface area contributed by atoms with Gasteiger partial charge in [-0.05, 0) is 49.2 Å². The minimum atomic E-state index is -0.665. The minimum Gasteiger partial charge on any atom is -0.493 e.